The number of ether oxygens (including phenoxy) is 1. The van der Waals surface area contributed by atoms with Crippen molar-refractivity contribution >= 4 is 15.7 Å². The van der Waals surface area contributed by atoms with Crippen LogP contribution in [0.2, 0.25) is 0 Å². The minimum absolute atomic E-state index is 0.298. The lowest BCUT2D eigenvalue weighted by molar-refractivity contribution is -0.118. The van der Waals surface area contributed by atoms with Gasteiger partial charge in [0.25, 0.3) is 0 Å². The van der Waals surface area contributed by atoms with E-state index in [4.69, 9.17) is 4.74 Å². The number of hydrogen-bond acceptors (Lipinski definition) is 4. The van der Waals surface area contributed by atoms with Crippen LogP contribution in [-0.2, 0) is 20.4 Å². The second-order valence-electron chi connectivity index (χ2n) is 8.60. The number of methoxy groups -OCH3 is 1. The van der Waals surface area contributed by atoms with Crippen molar-refractivity contribution < 1.29 is 13.2 Å². The average Bonchev–Trinajstić information content (AvgIpc) is 2.83. The van der Waals surface area contributed by atoms with Crippen LogP contribution in [0.25, 0.3) is 0 Å². The maximum atomic E-state index is 11.6. The Morgan fingerprint density at radius 1 is 1.14 bits per heavy atom. The lowest BCUT2D eigenvalue weighted by Gasteiger charge is -2.47. The quantitative estimate of drug-likeness (QED) is 0.589. The summed E-state index contributed by atoms with van der Waals surface area (Å²) in [5, 5.41) is 0. The van der Waals surface area contributed by atoms with E-state index in [1.54, 1.807) is 6.07 Å². The Kier molecular flexibility index (Phi) is 7.05. The maximum absolute atomic E-state index is 11.6. The highest BCUT2D eigenvalue weighted by Crippen LogP contribution is 2.53. The van der Waals surface area contributed by atoms with Crippen molar-refractivity contribution in [1.29, 1.82) is 0 Å². The van der Waals surface area contributed by atoms with Crippen LogP contribution >= 0.6 is 0 Å². The number of anilines is 1. The monoisotopic (exact) mass is 408 g/mol. The standard InChI is InChI=1S/C22H36N2O3S/c1-4-5-6-7-8-14-24-16-19-12-13-20(17-24)22(19,27-2)18-10-9-11-21(15-18)23-28(3,25)26/h9-11,15,19-20,23H,4-8,12-14,16-17H2,1-3H3. The fraction of sp³-hybridized carbons (Fsp3) is 0.727. The Bertz CT molecular complexity index is 736. The van der Waals surface area contributed by atoms with Crippen molar-refractivity contribution in [2.24, 2.45) is 11.8 Å². The predicted molar refractivity (Wildman–Crippen MR) is 115 cm³/mol. The van der Waals surface area contributed by atoms with E-state index in [-0.39, 0.29) is 5.60 Å². The largest absolute Gasteiger partial charge is 0.373 e. The normalized spacial score (nSPS) is 27.8. The summed E-state index contributed by atoms with van der Waals surface area (Å²) in [4.78, 5) is 2.63. The number of hydrogen-bond donors (Lipinski definition) is 1. The molecule has 1 aliphatic carbocycles. The molecule has 158 valence electrons. The van der Waals surface area contributed by atoms with E-state index in [0.29, 0.717) is 17.5 Å². The Hall–Kier alpha value is -1.11. The molecule has 1 aliphatic heterocycles. The number of fused-ring (bicyclic) bond motifs is 2. The number of likely N-dealkylation sites (tertiary alicyclic amines) is 1. The molecule has 0 aromatic heterocycles. The summed E-state index contributed by atoms with van der Waals surface area (Å²) < 4.78 is 32.1. The number of sulfonamides is 1. The van der Waals surface area contributed by atoms with E-state index in [0.717, 1.165) is 18.7 Å². The zero-order valence-electron chi connectivity index (χ0n) is 17.6. The van der Waals surface area contributed by atoms with Gasteiger partial charge in [-0.15, -0.1) is 0 Å². The minimum Gasteiger partial charge on any atom is -0.373 e. The minimum atomic E-state index is -3.29. The molecule has 28 heavy (non-hydrogen) atoms. The molecule has 2 unspecified atom stereocenters. The number of nitrogens with zero attached hydrogens (tertiary/aromatic N) is 1. The molecule has 3 rings (SSSR count). The van der Waals surface area contributed by atoms with E-state index in [2.05, 4.69) is 22.6 Å². The summed E-state index contributed by atoms with van der Waals surface area (Å²) in [6, 6.07) is 7.81. The highest BCUT2D eigenvalue weighted by atomic mass is 32.2. The summed E-state index contributed by atoms with van der Waals surface area (Å²) in [6.07, 6.45) is 10.1. The number of piperidine rings is 1. The zero-order chi connectivity index (χ0) is 20.2. The summed E-state index contributed by atoms with van der Waals surface area (Å²) in [7, 11) is -1.47. The van der Waals surface area contributed by atoms with Crippen molar-refractivity contribution in [3.63, 3.8) is 0 Å². The van der Waals surface area contributed by atoms with Gasteiger partial charge in [0.2, 0.25) is 10.0 Å². The topological polar surface area (TPSA) is 58.6 Å². The Labute approximate surface area is 170 Å². The molecule has 1 aromatic carbocycles. The van der Waals surface area contributed by atoms with Crippen LogP contribution in [0.15, 0.2) is 24.3 Å². The Morgan fingerprint density at radius 3 is 2.43 bits per heavy atom. The molecular weight excluding hydrogens is 372 g/mol. The van der Waals surface area contributed by atoms with E-state index >= 15 is 0 Å². The molecule has 1 saturated carbocycles. The predicted octanol–water partition coefficient (Wildman–Crippen LogP) is 4.21. The second kappa shape index (κ2) is 9.14. The van der Waals surface area contributed by atoms with Crippen molar-refractivity contribution in [3.05, 3.63) is 29.8 Å². The van der Waals surface area contributed by atoms with Gasteiger partial charge in [0.15, 0.2) is 0 Å². The zero-order valence-corrected chi connectivity index (χ0v) is 18.4. The molecule has 1 saturated heterocycles. The van der Waals surface area contributed by atoms with E-state index in [1.807, 2.05) is 19.2 Å². The van der Waals surface area contributed by atoms with Crippen LogP contribution in [-0.4, -0.2) is 46.3 Å². The molecule has 5 nitrogen and oxygen atoms in total. The third kappa shape index (κ3) is 4.71. The molecule has 1 heterocycles. The van der Waals surface area contributed by atoms with Gasteiger partial charge in [0.05, 0.1) is 6.26 Å². The van der Waals surface area contributed by atoms with Gasteiger partial charge in [-0.25, -0.2) is 8.42 Å². The molecule has 6 heteroatoms. The summed E-state index contributed by atoms with van der Waals surface area (Å²) in [5.74, 6) is 0.917. The van der Waals surface area contributed by atoms with Gasteiger partial charge in [-0.2, -0.15) is 0 Å². The summed E-state index contributed by atoms with van der Waals surface area (Å²) in [5.41, 5.74) is 1.43. The van der Waals surface area contributed by atoms with Gasteiger partial charge >= 0.3 is 0 Å². The maximum Gasteiger partial charge on any atom is 0.229 e. The first-order chi connectivity index (χ1) is 13.4. The van der Waals surface area contributed by atoms with Crippen LogP contribution in [0.4, 0.5) is 5.69 Å². The molecule has 0 amide bonds. The number of rotatable bonds is 10. The third-order valence-corrected chi connectivity index (χ3v) is 7.17. The smallest absolute Gasteiger partial charge is 0.229 e. The Morgan fingerprint density at radius 2 is 1.82 bits per heavy atom. The number of benzene rings is 1. The third-order valence-electron chi connectivity index (χ3n) is 6.57. The highest BCUT2D eigenvalue weighted by molar-refractivity contribution is 7.92. The fourth-order valence-electron chi connectivity index (χ4n) is 5.40. The molecule has 0 spiro atoms. The molecule has 2 aliphatic rings. The first-order valence-corrected chi connectivity index (χ1v) is 12.6. The molecular formula is C22H36N2O3S. The molecule has 2 fully saturated rings. The fourth-order valence-corrected chi connectivity index (χ4v) is 5.96. The Balaban J connectivity index is 1.72. The van der Waals surface area contributed by atoms with Crippen molar-refractivity contribution in [2.75, 3.05) is 37.7 Å². The number of nitrogens with one attached hydrogen (secondary N) is 1. The second-order valence-corrected chi connectivity index (χ2v) is 10.3. The van der Waals surface area contributed by atoms with Gasteiger partial charge in [0.1, 0.15) is 5.60 Å². The van der Waals surface area contributed by atoms with Crippen LogP contribution in [0, 0.1) is 11.8 Å². The molecule has 2 bridgehead atoms. The van der Waals surface area contributed by atoms with Crippen LogP contribution in [0.5, 0.6) is 0 Å². The van der Waals surface area contributed by atoms with Gasteiger partial charge in [0, 0.05) is 37.7 Å². The van der Waals surface area contributed by atoms with Crippen LogP contribution < -0.4 is 4.72 Å². The molecule has 1 aromatic rings. The first kappa shape index (κ1) is 21.6. The molecule has 1 N–H and O–H groups in total. The van der Waals surface area contributed by atoms with Crippen LogP contribution in [0.3, 0.4) is 0 Å². The van der Waals surface area contributed by atoms with Crippen LogP contribution in [0.1, 0.15) is 57.4 Å². The van der Waals surface area contributed by atoms with Gasteiger partial charge in [-0.05, 0) is 43.5 Å². The highest BCUT2D eigenvalue weighted by Gasteiger charge is 2.55. The van der Waals surface area contributed by atoms with Gasteiger partial charge in [-0.3, -0.25) is 4.72 Å². The summed E-state index contributed by atoms with van der Waals surface area (Å²) >= 11 is 0. The molecule has 2 atom stereocenters. The van der Waals surface area contributed by atoms with Crippen molar-refractivity contribution in [2.45, 2.75) is 57.5 Å². The van der Waals surface area contributed by atoms with E-state index < -0.39 is 10.0 Å². The van der Waals surface area contributed by atoms with Crippen molar-refractivity contribution in [3.8, 4) is 0 Å². The van der Waals surface area contributed by atoms with E-state index in [1.165, 1.54) is 57.7 Å². The van der Waals surface area contributed by atoms with Gasteiger partial charge in [-0.1, -0.05) is 44.7 Å². The molecule has 0 radical (unpaired) electrons. The lowest BCUT2D eigenvalue weighted by atomic mass is 9.74. The van der Waals surface area contributed by atoms with Gasteiger partial charge < -0.3 is 9.64 Å². The van der Waals surface area contributed by atoms with Crippen molar-refractivity contribution in [1.82, 2.24) is 4.90 Å². The summed E-state index contributed by atoms with van der Waals surface area (Å²) in [6.45, 7) is 5.59. The number of unbranched alkanes of at least 4 members (excludes halogenated alkanes) is 4. The first-order valence-electron chi connectivity index (χ1n) is 10.7. The van der Waals surface area contributed by atoms with E-state index in [9.17, 15) is 8.42 Å². The average molecular weight is 409 g/mol. The SMILES string of the molecule is CCCCCCCN1CC2CCC(C1)C2(OC)c1cccc(NS(C)(=O)=O)c1. The lowest BCUT2D eigenvalue weighted by Crippen LogP contribution is -2.53.